The molecule has 0 bridgehead atoms. The van der Waals surface area contributed by atoms with Crippen LogP contribution in [0.2, 0.25) is 0 Å². The molecule has 1 rings (SSSR count). The molecule has 0 saturated carbocycles. The Morgan fingerprint density at radius 3 is 2.63 bits per heavy atom. The molecular formula is C16H30N2O. The predicted molar refractivity (Wildman–Crippen MR) is 81.3 cm³/mol. The number of allylic oxidation sites excluding steroid dienone is 2. The van der Waals surface area contributed by atoms with Crippen LogP contribution in [-0.4, -0.2) is 22.4 Å². The summed E-state index contributed by atoms with van der Waals surface area (Å²) in [5.74, 6) is 0. The van der Waals surface area contributed by atoms with E-state index in [9.17, 15) is 5.11 Å². The van der Waals surface area contributed by atoms with Crippen molar-refractivity contribution in [1.29, 1.82) is 0 Å². The van der Waals surface area contributed by atoms with Crippen LogP contribution in [0.15, 0.2) is 24.6 Å². The van der Waals surface area contributed by atoms with Gasteiger partial charge in [0.2, 0.25) is 0 Å². The Bertz CT molecular complexity index is 274. The van der Waals surface area contributed by atoms with Crippen LogP contribution in [0.5, 0.6) is 0 Å². The van der Waals surface area contributed by atoms with Crippen LogP contribution in [0.1, 0.15) is 65.2 Å². The maximum atomic E-state index is 9.59. The molecule has 1 aliphatic heterocycles. The highest BCUT2D eigenvalue weighted by molar-refractivity contribution is 4.94. The zero-order valence-electron chi connectivity index (χ0n) is 12.5. The van der Waals surface area contributed by atoms with Crippen molar-refractivity contribution in [2.75, 3.05) is 0 Å². The van der Waals surface area contributed by atoms with E-state index in [0.29, 0.717) is 0 Å². The van der Waals surface area contributed by atoms with E-state index in [-0.39, 0.29) is 6.17 Å². The topological polar surface area (TPSA) is 35.5 Å². The Labute approximate surface area is 118 Å². The van der Waals surface area contributed by atoms with Crippen LogP contribution in [0.3, 0.4) is 0 Å². The van der Waals surface area contributed by atoms with Gasteiger partial charge in [-0.2, -0.15) is 0 Å². The molecule has 1 aliphatic rings. The third kappa shape index (κ3) is 6.67. The summed E-state index contributed by atoms with van der Waals surface area (Å²) in [5.41, 5.74) is 0. The molecule has 0 fully saturated rings. The molecule has 0 aromatic rings. The van der Waals surface area contributed by atoms with Crippen LogP contribution in [0.25, 0.3) is 0 Å². The number of rotatable bonds is 10. The van der Waals surface area contributed by atoms with Crippen molar-refractivity contribution >= 4 is 0 Å². The second-order valence-corrected chi connectivity index (χ2v) is 5.33. The Hall–Kier alpha value is -0.960. The molecule has 1 heterocycles. The lowest BCUT2D eigenvalue weighted by atomic mass is 10.1. The predicted octanol–water partition coefficient (Wildman–Crippen LogP) is 3.72. The summed E-state index contributed by atoms with van der Waals surface area (Å²) in [7, 11) is 0. The lowest BCUT2D eigenvalue weighted by Crippen LogP contribution is -2.40. The molecule has 0 aromatic carbocycles. The van der Waals surface area contributed by atoms with Crippen molar-refractivity contribution in [2.45, 2.75) is 77.6 Å². The van der Waals surface area contributed by atoms with Gasteiger partial charge in [-0.15, -0.1) is 0 Å². The first-order valence-electron chi connectivity index (χ1n) is 7.79. The van der Waals surface area contributed by atoms with Gasteiger partial charge < -0.3 is 15.3 Å². The van der Waals surface area contributed by atoms with Gasteiger partial charge in [0.15, 0.2) is 0 Å². The number of aliphatic hydroxyl groups excluding tert-OH is 1. The van der Waals surface area contributed by atoms with Gasteiger partial charge in [0.05, 0.1) is 0 Å². The van der Waals surface area contributed by atoms with Crippen molar-refractivity contribution in [2.24, 2.45) is 0 Å². The molecule has 0 aromatic heterocycles. The number of hydrogen-bond acceptors (Lipinski definition) is 3. The summed E-state index contributed by atoms with van der Waals surface area (Å²) in [4.78, 5) is 1.97. The van der Waals surface area contributed by atoms with Gasteiger partial charge in [-0.3, -0.25) is 0 Å². The average molecular weight is 266 g/mol. The minimum Gasteiger partial charge on any atom is -0.374 e. The Morgan fingerprint density at radius 2 is 1.95 bits per heavy atom. The van der Waals surface area contributed by atoms with Crippen molar-refractivity contribution < 1.29 is 5.11 Å². The average Bonchev–Trinajstić information content (AvgIpc) is 2.85. The van der Waals surface area contributed by atoms with Gasteiger partial charge in [0, 0.05) is 12.4 Å². The minimum atomic E-state index is -0.412. The van der Waals surface area contributed by atoms with Crippen LogP contribution in [0.4, 0.5) is 0 Å². The summed E-state index contributed by atoms with van der Waals surface area (Å²) < 4.78 is 0. The monoisotopic (exact) mass is 266 g/mol. The number of nitrogens with zero attached hydrogens (tertiary/aromatic N) is 1. The van der Waals surface area contributed by atoms with Crippen molar-refractivity contribution in [3.8, 4) is 0 Å². The molecule has 19 heavy (non-hydrogen) atoms. The number of hydrogen-bond donors (Lipinski definition) is 2. The molecule has 2 atom stereocenters. The summed E-state index contributed by atoms with van der Waals surface area (Å²) >= 11 is 0. The second-order valence-electron chi connectivity index (χ2n) is 5.33. The molecule has 0 saturated heterocycles. The molecule has 2 unspecified atom stereocenters. The lowest BCUT2D eigenvalue weighted by Gasteiger charge is -2.27. The highest BCUT2D eigenvalue weighted by Crippen LogP contribution is 2.14. The number of aliphatic hydroxyl groups is 1. The van der Waals surface area contributed by atoms with Gasteiger partial charge in [0.25, 0.3) is 0 Å². The fourth-order valence-electron chi connectivity index (χ4n) is 2.40. The van der Waals surface area contributed by atoms with Gasteiger partial charge in [0.1, 0.15) is 12.4 Å². The van der Waals surface area contributed by atoms with Gasteiger partial charge in [-0.1, -0.05) is 38.3 Å². The lowest BCUT2D eigenvalue weighted by molar-refractivity contribution is 0.0257. The Morgan fingerprint density at radius 1 is 1.21 bits per heavy atom. The van der Waals surface area contributed by atoms with E-state index in [4.69, 9.17) is 0 Å². The Kier molecular flexibility index (Phi) is 8.39. The summed E-state index contributed by atoms with van der Waals surface area (Å²) in [6.45, 7) is 4.05. The molecule has 3 heteroatoms. The first-order valence-corrected chi connectivity index (χ1v) is 7.79. The van der Waals surface area contributed by atoms with Gasteiger partial charge >= 0.3 is 0 Å². The first-order chi connectivity index (χ1) is 9.25. The van der Waals surface area contributed by atoms with E-state index >= 15 is 0 Å². The molecule has 0 spiro atoms. The molecule has 2 N–H and O–H groups in total. The summed E-state index contributed by atoms with van der Waals surface area (Å²) in [5, 5.41) is 12.9. The zero-order valence-corrected chi connectivity index (χ0v) is 12.5. The van der Waals surface area contributed by atoms with Crippen molar-refractivity contribution in [3.63, 3.8) is 0 Å². The number of nitrogens with one attached hydrogen (secondary N) is 1. The van der Waals surface area contributed by atoms with Gasteiger partial charge in [-0.05, 0) is 39.0 Å². The molecule has 0 radical (unpaired) electrons. The smallest absolute Gasteiger partial charge is 0.125 e. The molecule has 0 amide bonds. The van der Waals surface area contributed by atoms with Gasteiger partial charge in [-0.25, -0.2) is 0 Å². The molecule has 3 nitrogen and oxygen atoms in total. The third-order valence-corrected chi connectivity index (χ3v) is 3.57. The minimum absolute atomic E-state index is 0.262. The first kappa shape index (κ1) is 16.1. The SMILES string of the molecule is CCCCCC/C=C/CCCC1NC=CN1C(C)O. The summed E-state index contributed by atoms with van der Waals surface area (Å²) in [6, 6.07) is 0. The standard InChI is InChI=1S/C16H30N2O/c1-3-4-5-6-7-8-9-10-11-12-16-17-13-14-18(16)15(2)19/h8-9,13-17,19H,3-7,10-12H2,1-2H3/b9-8+. The fraction of sp³-hybridized carbons (Fsp3) is 0.750. The maximum Gasteiger partial charge on any atom is 0.125 e. The number of unbranched alkanes of at least 4 members (excludes halogenated alkanes) is 5. The van der Waals surface area contributed by atoms with Crippen LogP contribution in [0, 0.1) is 0 Å². The normalized spacial score (nSPS) is 20.2. The second kappa shape index (κ2) is 9.90. The Balaban J connectivity index is 2.00. The van der Waals surface area contributed by atoms with E-state index in [1.807, 2.05) is 17.3 Å². The molecule has 110 valence electrons. The third-order valence-electron chi connectivity index (χ3n) is 3.57. The van der Waals surface area contributed by atoms with E-state index < -0.39 is 6.23 Å². The maximum absolute atomic E-state index is 9.59. The molecule has 0 aliphatic carbocycles. The quantitative estimate of drug-likeness (QED) is 0.467. The van der Waals surface area contributed by atoms with E-state index in [2.05, 4.69) is 24.4 Å². The van der Waals surface area contributed by atoms with Crippen LogP contribution >= 0.6 is 0 Å². The van der Waals surface area contributed by atoms with E-state index in [1.54, 1.807) is 6.92 Å². The van der Waals surface area contributed by atoms with Crippen LogP contribution < -0.4 is 5.32 Å². The fourth-order valence-corrected chi connectivity index (χ4v) is 2.40. The largest absolute Gasteiger partial charge is 0.374 e. The van der Waals surface area contributed by atoms with Crippen molar-refractivity contribution in [1.82, 2.24) is 10.2 Å². The summed E-state index contributed by atoms with van der Waals surface area (Å²) in [6.07, 6.45) is 18.3. The highest BCUT2D eigenvalue weighted by atomic mass is 16.3. The highest BCUT2D eigenvalue weighted by Gasteiger charge is 2.20. The zero-order chi connectivity index (χ0) is 13.9. The van der Waals surface area contributed by atoms with Crippen LogP contribution in [-0.2, 0) is 0 Å². The van der Waals surface area contributed by atoms with E-state index in [0.717, 1.165) is 19.3 Å². The molecular weight excluding hydrogens is 236 g/mol. The van der Waals surface area contributed by atoms with Crippen molar-refractivity contribution in [3.05, 3.63) is 24.6 Å². The van der Waals surface area contributed by atoms with E-state index in [1.165, 1.54) is 32.1 Å².